The Morgan fingerprint density at radius 1 is 1.04 bits per heavy atom. The summed E-state index contributed by atoms with van der Waals surface area (Å²) >= 11 is 0. The average molecular weight is 353 g/mol. The van der Waals surface area contributed by atoms with Crippen molar-refractivity contribution in [1.29, 1.82) is 0 Å². The Hall–Kier alpha value is -3.16. The zero-order chi connectivity index (χ0) is 17.9. The second kappa shape index (κ2) is 6.99. The van der Waals surface area contributed by atoms with E-state index in [1.807, 2.05) is 23.1 Å². The second-order valence-electron chi connectivity index (χ2n) is 6.15. The third-order valence-electron chi connectivity index (χ3n) is 4.59. The van der Waals surface area contributed by atoms with Crippen LogP contribution in [0.4, 0.5) is 5.95 Å². The molecule has 0 aliphatic carbocycles. The molecule has 134 valence electrons. The van der Waals surface area contributed by atoms with Gasteiger partial charge in [-0.15, -0.1) is 0 Å². The highest BCUT2D eigenvalue weighted by atomic mass is 16.4. The van der Waals surface area contributed by atoms with Crippen LogP contribution in [-0.2, 0) is 11.3 Å². The first-order chi connectivity index (χ1) is 12.7. The molecule has 8 heteroatoms. The molecule has 26 heavy (non-hydrogen) atoms. The predicted octanol–water partition coefficient (Wildman–Crippen LogP) is 1.12. The number of aromatic nitrogens is 3. The molecule has 0 radical (unpaired) electrons. The first-order valence-corrected chi connectivity index (χ1v) is 8.60. The maximum atomic E-state index is 12.5. The molecule has 8 nitrogen and oxygen atoms in total. The number of aryl methyl sites for hydroxylation is 1. The van der Waals surface area contributed by atoms with Crippen LogP contribution in [0.3, 0.4) is 0 Å². The van der Waals surface area contributed by atoms with Crippen LogP contribution < -0.4 is 10.7 Å². The largest absolute Gasteiger partial charge is 0.419 e. The molecule has 0 atom stereocenters. The van der Waals surface area contributed by atoms with Gasteiger partial charge in [0.15, 0.2) is 5.58 Å². The lowest BCUT2D eigenvalue weighted by atomic mass is 10.2. The molecule has 4 rings (SSSR count). The molecular weight excluding hydrogens is 334 g/mol. The minimum Gasteiger partial charge on any atom is -0.408 e. The monoisotopic (exact) mass is 353 g/mol. The lowest BCUT2D eigenvalue weighted by molar-refractivity contribution is -0.131. The molecule has 1 fully saturated rings. The Balaban J connectivity index is 1.36. The van der Waals surface area contributed by atoms with Gasteiger partial charge in [-0.2, -0.15) is 0 Å². The number of carbonyl (C=O) groups excluding carboxylic acids is 1. The molecule has 1 saturated heterocycles. The van der Waals surface area contributed by atoms with Gasteiger partial charge >= 0.3 is 5.76 Å². The van der Waals surface area contributed by atoms with Crippen molar-refractivity contribution in [2.24, 2.45) is 0 Å². The van der Waals surface area contributed by atoms with E-state index in [1.54, 1.807) is 24.5 Å². The fraction of sp³-hybridized carbons (Fsp3) is 0.333. The van der Waals surface area contributed by atoms with Crippen LogP contribution in [0.5, 0.6) is 0 Å². The number of nitrogens with zero attached hydrogens (tertiary/aromatic N) is 5. The van der Waals surface area contributed by atoms with E-state index in [4.69, 9.17) is 4.42 Å². The number of fused-ring (bicyclic) bond motifs is 1. The number of piperazine rings is 1. The highest BCUT2D eigenvalue weighted by Crippen LogP contribution is 2.14. The second-order valence-corrected chi connectivity index (χ2v) is 6.15. The standard InChI is InChI=1S/C18H19N5O3/c24-16(6-9-23-14-4-1-2-5-15(14)26-18(23)25)21-10-12-22(13-11-21)17-19-7-3-8-20-17/h1-5,7-8H,6,9-13H2. The van der Waals surface area contributed by atoms with Crippen molar-refractivity contribution in [3.63, 3.8) is 0 Å². The van der Waals surface area contributed by atoms with Gasteiger partial charge < -0.3 is 14.2 Å². The van der Waals surface area contributed by atoms with Crippen molar-refractivity contribution in [2.75, 3.05) is 31.1 Å². The summed E-state index contributed by atoms with van der Waals surface area (Å²) in [5.41, 5.74) is 1.26. The molecule has 1 aliphatic rings. The molecule has 0 N–H and O–H groups in total. The molecular formula is C18H19N5O3. The summed E-state index contributed by atoms with van der Waals surface area (Å²) in [6.45, 7) is 2.96. The van der Waals surface area contributed by atoms with Crippen molar-refractivity contribution in [1.82, 2.24) is 19.4 Å². The van der Waals surface area contributed by atoms with E-state index in [-0.39, 0.29) is 12.3 Å². The fourth-order valence-corrected chi connectivity index (χ4v) is 3.20. The van der Waals surface area contributed by atoms with Crippen LogP contribution in [0, 0.1) is 0 Å². The highest BCUT2D eigenvalue weighted by Gasteiger charge is 2.22. The summed E-state index contributed by atoms with van der Waals surface area (Å²) in [4.78, 5) is 36.9. The topological polar surface area (TPSA) is 84.5 Å². The number of carbonyl (C=O) groups is 1. The maximum Gasteiger partial charge on any atom is 0.419 e. The highest BCUT2D eigenvalue weighted by molar-refractivity contribution is 5.77. The molecule has 3 aromatic rings. The quantitative estimate of drug-likeness (QED) is 0.699. The minimum atomic E-state index is -0.426. The summed E-state index contributed by atoms with van der Waals surface area (Å²) in [5, 5.41) is 0. The van der Waals surface area contributed by atoms with Gasteiger partial charge in [-0.1, -0.05) is 12.1 Å². The van der Waals surface area contributed by atoms with Gasteiger partial charge in [0.05, 0.1) is 5.52 Å². The van der Waals surface area contributed by atoms with Gasteiger partial charge in [0.2, 0.25) is 11.9 Å². The molecule has 0 saturated carbocycles. The first-order valence-electron chi connectivity index (χ1n) is 8.60. The van der Waals surface area contributed by atoms with E-state index in [9.17, 15) is 9.59 Å². The molecule has 0 bridgehead atoms. The van der Waals surface area contributed by atoms with E-state index in [0.29, 0.717) is 44.3 Å². The molecule has 3 heterocycles. The van der Waals surface area contributed by atoms with Crippen LogP contribution in [0.25, 0.3) is 11.1 Å². The van der Waals surface area contributed by atoms with Crippen LogP contribution in [0.1, 0.15) is 6.42 Å². The number of para-hydroxylation sites is 2. The van der Waals surface area contributed by atoms with Gasteiger partial charge in [-0.3, -0.25) is 9.36 Å². The van der Waals surface area contributed by atoms with Crippen molar-refractivity contribution in [3.05, 3.63) is 53.3 Å². The summed E-state index contributed by atoms with van der Waals surface area (Å²) in [6, 6.07) is 9.02. The smallest absolute Gasteiger partial charge is 0.408 e. The zero-order valence-corrected chi connectivity index (χ0v) is 14.2. The van der Waals surface area contributed by atoms with Crippen LogP contribution in [-0.4, -0.2) is 51.5 Å². The number of amides is 1. The Kier molecular flexibility index (Phi) is 4.39. The van der Waals surface area contributed by atoms with Gasteiger partial charge in [0.25, 0.3) is 0 Å². The summed E-state index contributed by atoms with van der Waals surface area (Å²) in [6.07, 6.45) is 3.70. The average Bonchev–Trinajstić information content (AvgIpc) is 3.02. The number of rotatable bonds is 4. The molecule has 1 amide bonds. The normalized spacial score (nSPS) is 14.8. The Morgan fingerprint density at radius 2 is 1.77 bits per heavy atom. The molecule has 1 aromatic carbocycles. The Morgan fingerprint density at radius 3 is 2.54 bits per heavy atom. The van der Waals surface area contributed by atoms with Crippen LogP contribution in [0.2, 0.25) is 0 Å². The van der Waals surface area contributed by atoms with E-state index in [0.717, 1.165) is 5.52 Å². The molecule has 2 aromatic heterocycles. The number of hydrogen-bond acceptors (Lipinski definition) is 6. The number of anilines is 1. The van der Waals surface area contributed by atoms with Crippen molar-refractivity contribution < 1.29 is 9.21 Å². The predicted molar refractivity (Wildman–Crippen MR) is 95.9 cm³/mol. The Bertz CT molecular complexity index is 958. The van der Waals surface area contributed by atoms with Crippen molar-refractivity contribution in [2.45, 2.75) is 13.0 Å². The van der Waals surface area contributed by atoms with Crippen LogP contribution in [0.15, 0.2) is 51.9 Å². The number of benzene rings is 1. The van der Waals surface area contributed by atoms with Gasteiger partial charge in [-0.05, 0) is 18.2 Å². The lowest BCUT2D eigenvalue weighted by Gasteiger charge is -2.34. The fourth-order valence-electron chi connectivity index (χ4n) is 3.20. The lowest BCUT2D eigenvalue weighted by Crippen LogP contribution is -2.49. The van der Waals surface area contributed by atoms with E-state index in [1.165, 1.54) is 4.57 Å². The van der Waals surface area contributed by atoms with E-state index < -0.39 is 5.76 Å². The van der Waals surface area contributed by atoms with Gasteiger partial charge in [0.1, 0.15) is 0 Å². The van der Waals surface area contributed by atoms with Crippen LogP contribution >= 0.6 is 0 Å². The summed E-state index contributed by atoms with van der Waals surface area (Å²) in [7, 11) is 0. The first kappa shape index (κ1) is 16.3. The van der Waals surface area contributed by atoms with Crippen molar-refractivity contribution >= 4 is 23.0 Å². The molecule has 0 spiro atoms. The third-order valence-corrected chi connectivity index (χ3v) is 4.59. The summed E-state index contributed by atoms with van der Waals surface area (Å²) in [5.74, 6) is 0.303. The minimum absolute atomic E-state index is 0.0378. The number of hydrogen-bond donors (Lipinski definition) is 0. The van der Waals surface area contributed by atoms with E-state index >= 15 is 0 Å². The molecule has 1 aliphatic heterocycles. The number of oxazole rings is 1. The summed E-state index contributed by atoms with van der Waals surface area (Å²) < 4.78 is 6.72. The van der Waals surface area contributed by atoms with Crippen molar-refractivity contribution in [3.8, 4) is 0 Å². The van der Waals surface area contributed by atoms with Gasteiger partial charge in [0, 0.05) is 51.5 Å². The van der Waals surface area contributed by atoms with E-state index in [2.05, 4.69) is 14.9 Å². The maximum absolute atomic E-state index is 12.5. The van der Waals surface area contributed by atoms with Gasteiger partial charge in [-0.25, -0.2) is 14.8 Å². The third kappa shape index (κ3) is 3.17. The zero-order valence-electron chi connectivity index (χ0n) is 14.2. The Labute approximate surface area is 149 Å². The molecule has 0 unspecified atom stereocenters. The SMILES string of the molecule is O=C(CCn1c(=O)oc2ccccc21)N1CCN(c2ncccn2)CC1.